The second-order valence-electron chi connectivity index (χ2n) is 3.34. The largest absolute Gasteiger partial charge is 0.369 e. The monoisotopic (exact) mass is 213 g/mol. The summed E-state index contributed by atoms with van der Waals surface area (Å²) in [7, 11) is 0. The maximum Gasteiger partial charge on any atom is 0.231 e. The van der Waals surface area contributed by atoms with Gasteiger partial charge in [-0.05, 0) is 13.3 Å². The van der Waals surface area contributed by atoms with Crippen LogP contribution in [-0.4, -0.2) is 17.4 Å². The van der Waals surface area contributed by atoms with Gasteiger partial charge >= 0.3 is 0 Å². The van der Waals surface area contributed by atoms with E-state index in [-0.39, 0.29) is 18.0 Å². The summed E-state index contributed by atoms with van der Waals surface area (Å²) in [6, 6.07) is 0. The molecule has 0 aliphatic heterocycles. The zero-order chi connectivity index (χ0) is 10.6. The quantitative estimate of drug-likeness (QED) is 0.761. The number of primary amides is 1. The lowest BCUT2D eigenvalue weighted by Crippen LogP contribution is -2.43. The summed E-state index contributed by atoms with van der Waals surface area (Å²) in [6.45, 7) is 4.26. The van der Waals surface area contributed by atoms with Gasteiger partial charge in [0.05, 0.1) is 12.1 Å². The molecule has 3 N–H and O–H groups in total. The Morgan fingerprint density at radius 2 is 2.50 bits per heavy atom. The molecule has 0 aliphatic carbocycles. The first-order valence-corrected chi connectivity index (χ1v) is 5.40. The molecule has 0 saturated carbocycles. The number of carbonyl (C=O) groups excluding carboxylic acids is 1. The highest BCUT2D eigenvalue weighted by molar-refractivity contribution is 7.09. The molecule has 0 aromatic carbocycles. The Morgan fingerprint density at radius 1 is 1.79 bits per heavy atom. The smallest absolute Gasteiger partial charge is 0.231 e. The third-order valence-electron chi connectivity index (χ3n) is 2.26. The Labute approximate surface area is 87.5 Å². The van der Waals surface area contributed by atoms with Gasteiger partial charge < -0.3 is 5.73 Å². The van der Waals surface area contributed by atoms with E-state index >= 15 is 0 Å². The van der Waals surface area contributed by atoms with E-state index < -0.39 is 0 Å². The maximum atomic E-state index is 10.7. The highest BCUT2D eigenvalue weighted by atomic mass is 32.1. The number of hydrogen-bond donors (Lipinski definition) is 2. The van der Waals surface area contributed by atoms with Crippen molar-refractivity contribution in [1.82, 2.24) is 10.3 Å². The van der Waals surface area contributed by atoms with Gasteiger partial charge in [-0.25, -0.2) is 4.98 Å². The van der Waals surface area contributed by atoms with E-state index in [2.05, 4.69) is 17.2 Å². The molecule has 14 heavy (non-hydrogen) atoms. The molecule has 0 bridgehead atoms. The summed E-state index contributed by atoms with van der Waals surface area (Å²) in [6.07, 6.45) is 2.63. The molecule has 0 fully saturated rings. The van der Waals surface area contributed by atoms with Crippen molar-refractivity contribution in [1.29, 1.82) is 0 Å². The van der Waals surface area contributed by atoms with Crippen LogP contribution in [0.25, 0.3) is 0 Å². The molecule has 0 aliphatic rings. The van der Waals surface area contributed by atoms with E-state index in [1.807, 2.05) is 12.3 Å². The minimum Gasteiger partial charge on any atom is -0.369 e. The number of nitrogens with two attached hydrogens (primary N) is 1. The Kier molecular flexibility index (Phi) is 3.60. The topological polar surface area (TPSA) is 68.0 Å². The molecule has 4 nitrogen and oxygen atoms in total. The Balaban J connectivity index is 2.71. The number of thiazole rings is 1. The fourth-order valence-electron chi connectivity index (χ4n) is 1.13. The average molecular weight is 213 g/mol. The van der Waals surface area contributed by atoms with Crippen LogP contribution in [0.2, 0.25) is 0 Å². The molecule has 1 amide bonds. The van der Waals surface area contributed by atoms with Gasteiger partial charge in [0, 0.05) is 11.6 Å². The second-order valence-corrected chi connectivity index (χ2v) is 4.24. The van der Waals surface area contributed by atoms with Crippen LogP contribution in [-0.2, 0) is 10.3 Å². The van der Waals surface area contributed by atoms with Crippen molar-refractivity contribution < 1.29 is 4.79 Å². The first-order chi connectivity index (χ1) is 6.58. The van der Waals surface area contributed by atoms with Crippen molar-refractivity contribution >= 4 is 17.2 Å². The zero-order valence-electron chi connectivity index (χ0n) is 8.41. The predicted molar refractivity (Wildman–Crippen MR) is 57.0 cm³/mol. The summed E-state index contributed by atoms with van der Waals surface area (Å²) in [4.78, 5) is 14.9. The van der Waals surface area contributed by atoms with Crippen LogP contribution in [0.3, 0.4) is 0 Å². The molecule has 1 heterocycles. The van der Waals surface area contributed by atoms with Crippen LogP contribution >= 0.6 is 11.3 Å². The fourth-order valence-corrected chi connectivity index (χ4v) is 1.98. The highest BCUT2D eigenvalue weighted by Crippen LogP contribution is 2.25. The van der Waals surface area contributed by atoms with Crippen molar-refractivity contribution in [2.75, 3.05) is 6.54 Å². The van der Waals surface area contributed by atoms with Crippen LogP contribution < -0.4 is 11.1 Å². The van der Waals surface area contributed by atoms with Crippen LogP contribution in [0.5, 0.6) is 0 Å². The lowest BCUT2D eigenvalue weighted by molar-refractivity contribution is -0.117. The van der Waals surface area contributed by atoms with Crippen LogP contribution in [0.15, 0.2) is 11.6 Å². The van der Waals surface area contributed by atoms with E-state index in [0.29, 0.717) is 0 Å². The predicted octanol–water partition coefficient (Wildman–Crippen LogP) is 0.843. The summed E-state index contributed by atoms with van der Waals surface area (Å²) in [5.41, 5.74) is 4.84. The second kappa shape index (κ2) is 4.52. The first kappa shape index (κ1) is 11.1. The number of nitrogens with one attached hydrogen (secondary N) is 1. The molecular weight excluding hydrogens is 198 g/mol. The minimum absolute atomic E-state index is 0.184. The fraction of sp³-hybridized carbons (Fsp3) is 0.556. The molecule has 78 valence electrons. The normalized spacial score (nSPS) is 15.0. The number of rotatable bonds is 5. The van der Waals surface area contributed by atoms with Crippen molar-refractivity contribution in [2.45, 2.75) is 25.8 Å². The van der Waals surface area contributed by atoms with Crippen LogP contribution in [0.1, 0.15) is 25.3 Å². The molecule has 1 aromatic heterocycles. The maximum absolute atomic E-state index is 10.7. The first-order valence-electron chi connectivity index (χ1n) is 4.52. The van der Waals surface area contributed by atoms with Gasteiger partial charge in [0.25, 0.3) is 0 Å². The third-order valence-corrected chi connectivity index (χ3v) is 3.30. The average Bonchev–Trinajstić information content (AvgIpc) is 2.67. The Hall–Kier alpha value is -0.940. The number of nitrogens with zero attached hydrogens (tertiary/aromatic N) is 1. The van der Waals surface area contributed by atoms with Gasteiger partial charge in [0.1, 0.15) is 5.01 Å². The lowest BCUT2D eigenvalue weighted by Gasteiger charge is -2.26. The molecule has 1 rings (SSSR count). The lowest BCUT2D eigenvalue weighted by atomic mass is 10.00. The number of carbonyl (C=O) groups is 1. The van der Waals surface area contributed by atoms with E-state index in [9.17, 15) is 4.79 Å². The molecule has 0 radical (unpaired) electrons. The van der Waals surface area contributed by atoms with Gasteiger partial charge in [-0.1, -0.05) is 6.92 Å². The number of amides is 1. The van der Waals surface area contributed by atoms with Gasteiger partial charge in [-0.2, -0.15) is 0 Å². The summed E-state index contributed by atoms with van der Waals surface area (Å²) in [5.74, 6) is -0.346. The Bertz CT molecular complexity index is 299. The van der Waals surface area contributed by atoms with Gasteiger partial charge in [0.15, 0.2) is 0 Å². The van der Waals surface area contributed by atoms with E-state index in [1.54, 1.807) is 17.5 Å². The van der Waals surface area contributed by atoms with E-state index in [4.69, 9.17) is 5.73 Å². The molecule has 1 atom stereocenters. The van der Waals surface area contributed by atoms with Crippen molar-refractivity contribution in [3.63, 3.8) is 0 Å². The van der Waals surface area contributed by atoms with Crippen molar-refractivity contribution in [3.05, 3.63) is 16.6 Å². The molecular formula is C9H15N3OS. The van der Waals surface area contributed by atoms with Gasteiger partial charge in [-0.3, -0.25) is 10.1 Å². The van der Waals surface area contributed by atoms with Crippen LogP contribution in [0.4, 0.5) is 0 Å². The molecule has 0 spiro atoms. The number of hydrogen-bond acceptors (Lipinski definition) is 4. The van der Waals surface area contributed by atoms with Gasteiger partial charge in [-0.15, -0.1) is 11.3 Å². The molecule has 0 saturated heterocycles. The summed E-state index contributed by atoms with van der Waals surface area (Å²) >= 11 is 1.58. The Morgan fingerprint density at radius 3 is 2.93 bits per heavy atom. The summed E-state index contributed by atoms with van der Waals surface area (Å²) in [5, 5.41) is 6.03. The van der Waals surface area contributed by atoms with Crippen LogP contribution in [0, 0.1) is 0 Å². The third kappa shape index (κ3) is 2.52. The van der Waals surface area contributed by atoms with E-state index in [1.165, 1.54) is 0 Å². The van der Waals surface area contributed by atoms with Gasteiger partial charge in [0.2, 0.25) is 5.91 Å². The SMILES string of the molecule is CC[C@](C)(NCC(N)=O)c1nccs1. The minimum atomic E-state index is -0.346. The zero-order valence-corrected chi connectivity index (χ0v) is 9.23. The molecule has 5 heteroatoms. The molecule has 1 aromatic rings. The number of aromatic nitrogens is 1. The van der Waals surface area contributed by atoms with E-state index in [0.717, 1.165) is 11.4 Å². The molecule has 0 unspecified atom stereocenters. The summed E-state index contributed by atoms with van der Waals surface area (Å²) < 4.78 is 0. The van der Waals surface area contributed by atoms with Crippen molar-refractivity contribution in [3.8, 4) is 0 Å². The van der Waals surface area contributed by atoms with Crippen molar-refractivity contribution in [2.24, 2.45) is 5.73 Å². The standard InChI is InChI=1S/C9H15N3OS/c1-3-9(2,12-6-7(10)13)8-11-4-5-14-8/h4-5,12H,3,6H2,1-2H3,(H2,10,13)/t9-/m0/s1. The highest BCUT2D eigenvalue weighted by Gasteiger charge is 2.26.